The third-order valence-electron chi connectivity index (χ3n) is 2.59. The van der Waals surface area contributed by atoms with Crippen molar-refractivity contribution < 1.29 is 9.84 Å². The van der Waals surface area contributed by atoms with E-state index in [1.807, 2.05) is 0 Å². The van der Waals surface area contributed by atoms with E-state index >= 15 is 0 Å². The maximum atomic E-state index is 11.3. The summed E-state index contributed by atoms with van der Waals surface area (Å²) < 4.78 is 5.28. The van der Waals surface area contributed by atoms with Gasteiger partial charge in [-0.25, -0.2) is 5.10 Å². The highest BCUT2D eigenvalue weighted by molar-refractivity contribution is 6.30. The molecule has 6 heteroatoms. The van der Waals surface area contributed by atoms with Gasteiger partial charge in [0, 0.05) is 17.5 Å². The van der Waals surface area contributed by atoms with Crippen LogP contribution in [-0.2, 0) is 0 Å². The molecule has 2 N–H and O–H groups in total. The minimum Gasteiger partial charge on any atom is -0.488 e. The summed E-state index contributed by atoms with van der Waals surface area (Å²) in [5.41, 5.74) is 0.375. The monoisotopic (exact) mass is 280 g/mol. The SMILES string of the molecule is O=c1[nH]nccc1OCCC(O)c1ccc(Cl)cc1. The highest BCUT2D eigenvalue weighted by atomic mass is 35.5. The normalized spacial score (nSPS) is 12.1. The number of hydrogen-bond donors (Lipinski definition) is 2. The van der Waals surface area contributed by atoms with Crippen molar-refractivity contribution in [1.82, 2.24) is 10.2 Å². The van der Waals surface area contributed by atoms with Crippen LogP contribution in [0.25, 0.3) is 0 Å². The van der Waals surface area contributed by atoms with Crippen molar-refractivity contribution in [3.05, 3.63) is 57.5 Å². The Kier molecular flexibility index (Phi) is 4.54. The van der Waals surface area contributed by atoms with Crippen molar-refractivity contribution in [3.63, 3.8) is 0 Å². The van der Waals surface area contributed by atoms with Gasteiger partial charge < -0.3 is 9.84 Å². The highest BCUT2D eigenvalue weighted by Gasteiger charge is 2.08. The molecule has 0 radical (unpaired) electrons. The molecule has 1 aromatic heterocycles. The lowest BCUT2D eigenvalue weighted by molar-refractivity contribution is 0.140. The molecule has 19 heavy (non-hydrogen) atoms. The van der Waals surface area contributed by atoms with Gasteiger partial charge in [0.15, 0.2) is 5.75 Å². The molecule has 0 aliphatic heterocycles. The molecule has 0 aliphatic carbocycles. The molecule has 1 atom stereocenters. The van der Waals surface area contributed by atoms with Gasteiger partial charge in [-0.2, -0.15) is 5.10 Å². The van der Waals surface area contributed by atoms with E-state index in [0.717, 1.165) is 5.56 Å². The highest BCUT2D eigenvalue weighted by Crippen LogP contribution is 2.19. The molecule has 0 aliphatic rings. The molecular formula is C13H13ClN2O3. The summed E-state index contributed by atoms with van der Waals surface area (Å²) in [5.74, 6) is 0.193. The van der Waals surface area contributed by atoms with Crippen LogP contribution in [0.4, 0.5) is 0 Å². The Morgan fingerprint density at radius 2 is 2.05 bits per heavy atom. The zero-order chi connectivity index (χ0) is 13.7. The molecule has 2 rings (SSSR count). The van der Waals surface area contributed by atoms with E-state index in [9.17, 15) is 9.90 Å². The summed E-state index contributed by atoms with van der Waals surface area (Å²) in [5, 5.41) is 16.4. The molecular weight excluding hydrogens is 268 g/mol. The van der Waals surface area contributed by atoms with Crippen molar-refractivity contribution in [2.45, 2.75) is 12.5 Å². The summed E-state index contributed by atoms with van der Waals surface area (Å²) in [7, 11) is 0. The standard InChI is InChI=1S/C13H13ClN2O3/c14-10-3-1-9(2-4-10)11(17)6-8-19-12-5-7-15-16-13(12)18/h1-5,7,11,17H,6,8H2,(H,16,18). The molecule has 0 fully saturated rings. The number of aliphatic hydroxyl groups excluding tert-OH is 1. The molecule has 0 saturated heterocycles. The Bertz CT molecular complexity index is 583. The fourth-order valence-corrected chi connectivity index (χ4v) is 1.70. The van der Waals surface area contributed by atoms with Crippen molar-refractivity contribution in [2.24, 2.45) is 0 Å². The van der Waals surface area contributed by atoms with Crippen LogP contribution >= 0.6 is 11.6 Å². The maximum Gasteiger partial charge on any atom is 0.306 e. The van der Waals surface area contributed by atoms with Gasteiger partial charge in [0.2, 0.25) is 0 Å². The number of H-pyrrole nitrogens is 1. The van der Waals surface area contributed by atoms with E-state index < -0.39 is 6.10 Å². The number of benzene rings is 1. The third kappa shape index (κ3) is 3.81. The van der Waals surface area contributed by atoms with Crippen LogP contribution in [0.2, 0.25) is 5.02 Å². The topological polar surface area (TPSA) is 75.2 Å². The van der Waals surface area contributed by atoms with E-state index in [2.05, 4.69) is 10.2 Å². The van der Waals surface area contributed by atoms with E-state index in [4.69, 9.17) is 16.3 Å². The van der Waals surface area contributed by atoms with Crippen molar-refractivity contribution in [1.29, 1.82) is 0 Å². The average molecular weight is 281 g/mol. The Hall–Kier alpha value is -1.85. The van der Waals surface area contributed by atoms with Crippen LogP contribution in [0.1, 0.15) is 18.1 Å². The Morgan fingerprint density at radius 3 is 2.74 bits per heavy atom. The summed E-state index contributed by atoms with van der Waals surface area (Å²) in [4.78, 5) is 11.3. The number of aromatic amines is 1. The Balaban J connectivity index is 1.87. The lowest BCUT2D eigenvalue weighted by Gasteiger charge is -2.11. The van der Waals surface area contributed by atoms with E-state index in [-0.39, 0.29) is 17.9 Å². The maximum absolute atomic E-state index is 11.3. The number of rotatable bonds is 5. The summed E-state index contributed by atoms with van der Waals surface area (Å²) in [6.07, 6.45) is 1.16. The Labute approximate surface area is 114 Å². The molecule has 0 spiro atoms. The summed E-state index contributed by atoms with van der Waals surface area (Å²) in [6, 6.07) is 8.43. The van der Waals surface area contributed by atoms with Crippen LogP contribution in [0.5, 0.6) is 5.75 Å². The molecule has 5 nitrogen and oxygen atoms in total. The first-order valence-corrected chi connectivity index (χ1v) is 6.14. The van der Waals surface area contributed by atoms with Crippen LogP contribution in [-0.4, -0.2) is 21.9 Å². The van der Waals surface area contributed by atoms with Crippen LogP contribution < -0.4 is 10.3 Å². The second-order valence-corrected chi connectivity index (χ2v) is 4.39. The van der Waals surface area contributed by atoms with E-state index in [1.165, 1.54) is 12.3 Å². The van der Waals surface area contributed by atoms with Crippen molar-refractivity contribution >= 4 is 11.6 Å². The molecule has 1 aromatic carbocycles. The first-order chi connectivity index (χ1) is 9.16. The van der Waals surface area contributed by atoms with E-state index in [1.54, 1.807) is 24.3 Å². The molecule has 1 heterocycles. The number of nitrogens with zero attached hydrogens (tertiary/aromatic N) is 1. The summed E-state index contributed by atoms with van der Waals surface area (Å²) in [6.45, 7) is 0.233. The van der Waals surface area contributed by atoms with Crippen LogP contribution in [0.3, 0.4) is 0 Å². The number of aromatic nitrogens is 2. The number of halogens is 1. The van der Waals surface area contributed by atoms with Gasteiger partial charge in [-0.05, 0) is 17.7 Å². The fourth-order valence-electron chi connectivity index (χ4n) is 1.58. The predicted octanol–water partition coefficient (Wildman–Crippen LogP) is 1.93. The van der Waals surface area contributed by atoms with Crippen molar-refractivity contribution in [3.8, 4) is 5.75 Å². The van der Waals surface area contributed by atoms with Gasteiger partial charge in [0.05, 0.1) is 18.9 Å². The minimum absolute atomic E-state index is 0.193. The first-order valence-electron chi connectivity index (χ1n) is 5.77. The summed E-state index contributed by atoms with van der Waals surface area (Å²) >= 11 is 5.77. The molecule has 100 valence electrons. The first kappa shape index (κ1) is 13.6. The molecule has 0 amide bonds. The minimum atomic E-state index is -0.654. The van der Waals surface area contributed by atoms with Crippen molar-refractivity contribution in [2.75, 3.05) is 6.61 Å². The number of aliphatic hydroxyl groups is 1. The second kappa shape index (κ2) is 6.36. The Morgan fingerprint density at radius 1 is 1.32 bits per heavy atom. The average Bonchev–Trinajstić information content (AvgIpc) is 2.41. The van der Waals surface area contributed by atoms with Gasteiger partial charge in [0.1, 0.15) is 0 Å². The lowest BCUT2D eigenvalue weighted by atomic mass is 10.1. The number of nitrogens with one attached hydrogen (secondary N) is 1. The van der Waals surface area contributed by atoms with Gasteiger partial charge in [-0.15, -0.1) is 0 Å². The second-order valence-electron chi connectivity index (χ2n) is 3.95. The quantitative estimate of drug-likeness (QED) is 0.877. The zero-order valence-corrected chi connectivity index (χ0v) is 10.8. The third-order valence-corrected chi connectivity index (χ3v) is 2.85. The van der Waals surface area contributed by atoms with Gasteiger partial charge in [-0.3, -0.25) is 4.79 Å². The van der Waals surface area contributed by atoms with Gasteiger partial charge >= 0.3 is 5.56 Å². The van der Waals surface area contributed by atoms with E-state index in [0.29, 0.717) is 11.4 Å². The van der Waals surface area contributed by atoms with Gasteiger partial charge in [-0.1, -0.05) is 23.7 Å². The van der Waals surface area contributed by atoms with Crippen LogP contribution in [0.15, 0.2) is 41.3 Å². The lowest BCUT2D eigenvalue weighted by Crippen LogP contribution is -2.14. The molecule has 0 bridgehead atoms. The van der Waals surface area contributed by atoms with Crippen LogP contribution in [0, 0.1) is 0 Å². The smallest absolute Gasteiger partial charge is 0.306 e. The van der Waals surface area contributed by atoms with Gasteiger partial charge in [0.25, 0.3) is 0 Å². The molecule has 1 unspecified atom stereocenters. The largest absolute Gasteiger partial charge is 0.488 e. The molecule has 2 aromatic rings. The predicted molar refractivity (Wildman–Crippen MR) is 71.4 cm³/mol. The number of ether oxygens (including phenoxy) is 1. The fraction of sp³-hybridized carbons (Fsp3) is 0.231. The molecule has 0 saturated carbocycles. The zero-order valence-electron chi connectivity index (χ0n) is 10.0. The number of hydrogen-bond acceptors (Lipinski definition) is 4.